The van der Waals surface area contributed by atoms with Crippen LogP contribution in [0.25, 0.3) is 5.76 Å². The third-order valence-corrected chi connectivity index (χ3v) is 7.07. The molecule has 1 unspecified atom stereocenters. The number of nitrogens with zero attached hydrogens (tertiary/aromatic N) is 2. The number of benzene rings is 2. The maximum atomic E-state index is 13.4. The minimum absolute atomic E-state index is 0.0841. The summed E-state index contributed by atoms with van der Waals surface area (Å²) in [6.45, 7) is 12.5. The van der Waals surface area contributed by atoms with Gasteiger partial charge in [-0.25, -0.2) is 0 Å². The first-order valence-corrected chi connectivity index (χ1v) is 13.6. The van der Waals surface area contributed by atoms with E-state index in [9.17, 15) is 14.7 Å². The molecule has 2 heterocycles. The summed E-state index contributed by atoms with van der Waals surface area (Å²) in [5.41, 5.74) is 2.12. The maximum Gasteiger partial charge on any atom is 0.295 e. The van der Waals surface area contributed by atoms with E-state index in [1.54, 1.807) is 41.3 Å². The summed E-state index contributed by atoms with van der Waals surface area (Å²) in [7, 11) is 0. The number of rotatable bonds is 12. The van der Waals surface area contributed by atoms with Gasteiger partial charge in [0.25, 0.3) is 11.7 Å². The minimum atomic E-state index is -0.722. The molecule has 2 aromatic carbocycles. The van der Waals surface area contributed by atoms with Crippen molar-refractivity contribution in [2.45, 2.75) is 32.7 Å². The van der Waals surface area contributed by atoms with Crippen LogP contribution in [-0.4, -0.2) is 79.2 Å². The lowest BCUT2D eigenvalue weighted by Crippen LogP contribution is -2.42. The van der Waals surface area contributed by atoms with Gasteiger partial charge in [-0.15, -0.1) is 0 Å². The van der Waals surface area contributed by atoms with Crippen LogP contribution in [0.3, 0.4) is 0 Å². The highest BCUT2D eigenvalue weighted by molar-refractivity contribution is 6.46. The lowest BCUT2D eigenvalue weighted by atomic mass is 9.94. The molecule has 39 heavy (non-hydrogen) atoms. The molecule has 1 N–H and O–H groups in total. The highest BCUT2D eigenvalue weighted by Crippen LogP contribution is 2.40. The van der Waals surface area contributed by atoms with Gasteiger partial charge < -0.3 is 24.2 Å². The van der Waals surface area contributed by atoms with Crippen molar-refractivity contribution in [3.8, 4) is 11.5 Å². The summed E-state index contributed by atoms with van der Waals surface area (Å²) in [4.78, 5) is 30.5. The molecule has 8 nitrogen and oxygen atoms in total. The second kappa shape index (κ2) is 13.4. The van der Waals surface area contributed by atoms with Gasteiger partial charge in [-0.3, -0.25) is 14.5 Å². The highest BCUT2D eigenvalue weighted by Gasteiger charge is 2.46. The maximum absolute atomic E-state index is 13.4. The Hall–Kier alpha value is -3.62. The summed E-state index contributed by atoms with van der Waals surface area (Å²) in [5.74, 6) is -0.108. The van der Waals surface area contributed by atoms with Crippen LogP contribution in [0.2, 0.25) is 0 Å². The number of hydrogen-bond donors (Lipinski definition) is 1. The predicted octanol–water partition coefficient (Wildman–Crippen LogP) is 4.49. The number of amides is 1. The van der Waals surface area contributed by atoms with Gasteiger partial charge in [0.05, 0.1) is 31.4 Å². The molecule has 0 bridgehead atoms. The fraction of sp³-hybridized carbons (Fsp3) is 0.419. The molecule has 1 atom stereocenters. The van der Waals surface area contributed by atoms with E-state index in [2.05, 4.69) is 18.4 Å². The second-order valence-electron chi connectivity index (χ2n) is 9.80. The number of carbonyl (C=O) groups is 2. The molecule has 1 amide bonds. The Labute approximate surface area is 230 Å². The van der Waals surface area contributed by atoms with Crippen molar-refractivity contribution in [1.29, 1.82) is 0 Å². The topological polar surface area (TPSA) is 88.5 Å². The van der Waals surface area contributed by atoms with Crippen LogP contribution in [0.4, 0.5) is 0 Å². The number of carbonyl (C=O) groups excluding carboxylic acids is 2. The van der Waals surface area contributed by atoms with Crippen LogP contribution in [0.5, 0.6) is 11.5 Å². The molecule has 0 saturated carbocycles. The Morgan fingerprint density at radius 2 is 1.85 bits per heavy atom. The van der Waals surface area contributed by atoms with Gasteiger partial charge in [-0.1, -0.05) is 38.1 Å². The van der Waals surface area contributed by atoms with E-state index in [0.717, 1.165) is 42.8 Å². The number of likely N-dealkylation sites (tertiary alicyclic amines) is 1. The summed E-state index contributed by atoms with van der Waals surface area (Å²) in [5, 5.41) is 11.5. The predicted molar refractivity (Wildman–Crippen MR) is 150 cm³/mol. The lowest BCUT2D eigenvalue weighted by Gasteiger charge is -2.31. The van der Waals surface area contributed by atoms with Gasteiger partial charge >= 0.3 is 0 Å². The van der Waals surface area contributed by atoms with Gasteiger partial charge in [-0.2, -0.15) is 0 Å². The van der Waals surface area contributed by atoms with Gasteiger partial charge in [0.2, 0.25) is 0 Å². The Morgan fingerprint density at radius 3 is 2.51 bits per heavy atom. The Balaban J connectivity index is 1.68. The third-order valence-electron chi connectivity index (χ3n) is 7.07. The van der Waals surface area contributed by atoms with Crippen molar-refractivity contribution in [2.24, 2.45) is 0 Å². The molecule has 0 spiro atoms. The zero-order chi connectivity index (χ0) is 27.8. The first kappa shape index (κ1) is 28.4. The van der Waals surface area contributed by atoms with Gasteiger partial charge in [-0.05, 0) is 54.8 Å². The number of morpholine rings is 1. The summed E-state index contributed by atoms with van der Waals surface area (Å²) >= 11 is 0. The van der Waals surface area contributed by atoms with Crippen LogP contribution >= 0.6 is 0 Å². The number of aryl methyl sites for hydroxylation is 1. The molecule has 2 saturated heterocycles. The second-order valence-corrected chi connectivity index (χ2v) is 9.80. The normalized spacial score (nSPS) is 19.3. The SMILES string of the molecule is C=CCOc1ccc(C2C(=C(O)c3ccc(OCCCC)c(C)c3)C(=O)C(=O)N2CCN2CCOCC2)cc1. The first-order valence-electron chi connectivity index (χ1n) is 13.6. The van der Waals surface area contributed by atoms with Crippen molar-refractivity contribution in [3.05, 3.63) is 77.4 Å². The van der Waals surface area contributed by atoms with E-state index in [1.165, 1.54) is 0 Å². The quantitative estimate of drug-likeness (QED) is 0.141. The van der Waals surface area contributed by atoms with Crippen LogP contribution in [0.1, 0.15) is 42.5 Å². The monoisotopic (exact) mass is 534 g/mol. The Kier molecular flexibility index (Phi) is 9.79. The number of ketones is 1. The molecule has 2 fully saturated rings. The Morgan fingerprint density at radius 1 is 1.10 bits per heavy atom. The molecule has 2 aliphatic rings. The lowest BCUT2D eigenvalue weighted by molar-refractivity contribution is -0.140. The summed E-state index contributed by atoms with van der Waals surface area (Å²) in [6.07, 6.45) is 3.65. The number of aliphatic hydroxyl groups excluding tert-OH is 1. The molecule has 0 aromatic heterocycles. The standard InChI is InChI=1S/C31H38N2O6/c1-4-6-18-39-26-12-9-24(21-22(26)3)29(34)27-28(23-7-10-25(11-8-23)38-17-5-2)33(31(36)30(27)35)14-13-32-15-19-37-20-16-32/h5,7-12,21,28,34H,2,4,6,13-20H2,1,3H3. The van der Waals surface area contributed by atoms with E-state index in [-0.39, 0.29) is 11.3 Å². The number of unbranched alkanes of at least 4 members (excludes halogenated alkanes) is 1. The average molecular weight is 535 g/mol. The fourth-order valence-electron chi connectivity index (χ4n) is 4.87. The number of aliphatic hydroxyl groups is 1. The van der Waals surface area contributed by atoms with Gasteiger partial charge in [0.15, 0.2) is 0 Å². The highest BCUT2D eigenvalue weighted by atomic mass is 16.5. The van der Waals surface area contributed by atoms with Crippen molar-refractivity contribution in [3.63, 3.8) is 0 Å². The van der Waals surface area contributed by atoms with Crippen LogP contribution < -0.4 is 9.47 Å². The minimum Gasteiger partial charge on any atom is -0.507 e. The van der Waals surface area contributed by atoms with Gasteiger partial charge in [0, 0.05) is 31.7 Å². The molecule has 0 aliphatic carbocycles. The van der Waals surface area contributed by atoms with Crippen LogP contribution in [0, 0.1) is 6.92 Å². The smallest absolute Gasteiger partial charge is 0.295 e. The number of hydrogen-bond acceptors (Lipinski definition) is 7. The third kappa shape index (κ3) is 6.69. The van der Waals surface area contributed by atoms with E-state index in [0.29, 0.717) is 50.8 Å². The summed E-state index contributed by atoms with van der Waals surface area (Å²) < 4.78 is 16.9. The zero-order valence-corrected chi connectivity index (χ0v) is 22.9. The van der Waals surface area contributed by atoms with E-state index in [4.69, 9.17) is 14.2 Å². The van der Waals surface area contributed by atoms with Gasteiger partial charge in [0.1, 0.15) is 23.9 Å². The largest absolute Gasteiger partial charge is 0.507 e. The zero-order valence-electron chi connectivity index (χ0n) is 22.9. The molecule has 0 radical (unpaired) electrons. The molecule has 208 valence electrons. The molecule has 8 heteroatoms. The number of Topliss-reactive ketones (excluding diaryl/α,β-unsaturated/α-hetero) is 1. The molecule has 2 aromatic rings. The van der Waals surface area contributed by atoms with Crippen molar-refractivity contribution < 1.29 is 28.9 Å². The molecular formula is C31H38N2O6. The van der Waals surface area contributed by atoms with Crippen molar-refractivity contribution in [2.75, 3.05) is 52.6 Å². The molecule has 4 rings (SSSR count). The average Bonchev–Trinajstić information content (AvgIpc) is 3.21. The van der Waals surface area contributed by atoms with Crippen LogP contribution in [-0.2, 0) is 14.3 Å². The number of ether oxygens (including phenoxy) is 3. The fourth-order valence-corrected chi connectivity index (χ4v) is 4.87. The van der Waals surface area contributed by atoms with Crippen molar-refractivity contribution in [1.82, 2.24) is 9.80 Å². The van der Waals surface area contributed by atoms with Crippen molar-refractivity contribution >= 4 is 17.4 Å². The van der Waals surface area contributed by atoms with E-state index < -0.39 is 17.7 Å². The first-order chi connectivity index (χ1) is 18.9. The molecular weight excluding hydrogens is 496 g/mol. The van der Waals surface area contributed by atoms with E-state index >= 15 is 0 Å². The Bertz CT molecular complexity index is 1200. The van der Waals surface area contributed by atoms with E-state index in [1.807, 2.05) is 19.1 Å². The van der Waals surface area contributed by atoms with Crippen LogP contribution in [0.15, 0.2) is 60.7 Å². The molecule has 2 aliphatic heterocycles. The summed E-state index contributed by atoms with van der Waals surface area (Å²) in [6, 6.07) is 11.9.